The van der Waals surface area contributed by atoms with Crippen molar-refractivity contribution in [2.24, 2.45) is 0 Å². The van der Waals surface area contributed by atoms with Gasteiger partial charge in [0.05, 0.1) is 6.61 Å². The van der Waals surface area contributed by atoms with Gasteiger partial charge in [-0.25, -0.2) is 0 Å². The van der Waals surface area contributed by atoms with E-state index in [1.54, 1.807) is 19.0 Å². The van der Waals surface area contributed by atoms with Gasteiger partial charge in [0.2, 0.25) is 17.8 Å². The maximum absolute atomic E-state index is 11.2. The first-order valence-electron chi connectivity index (χ1n) is 6.09. The van der Waals surface area contributed by atoms with E-state index in [9.17, 15) is 4.79 Å². The summed E-state index contributed by atoms with van der Waals surface area (Å²) < 4.78 is 5.28. The summed E-state index contributed by atoms with van der Waals surface area (Å²) in [5, 5.41) is 5.42. The predicted molar refractivity (Wildman–Crippen MR) is 72.5 cm³/mol. The highest BCUT2D eigenvalue weighted by atomic mass is 16.5. The second kappa shape index (κ2) is 7.34. The summed E-state index contributed by atoms with van der Waals surface area (Å²) in [7, 11) is 5.14. The molecule has 1 aromatic heterocycles. The van der Waals surface area contributed by atoms with Crippen LogP contribution in [-0.2, 0) is 4.79 Å². The Morgan fingerprint density at radius 3 is 2.63 bits per heavy atom. The normalized spacial score (nSPS) is 9.89. The van der Waals surface area contributed by atoms with Crippen LogP contribution < -0.4 is 20.3 Å². The van der Waals surface area contributed by atoms with E-state index in [-0.39, 0.29) is 11.9 Å². The molecule has 1 aromatic rings. The maximum atomic E-state index is 11.2. The lowest BCUT2D eigenvalue weighted by Gasteiger charge is -2.17. The Kier molecular flexibility index (Phi) is 5.77. The highest BCUT2D eigenvalue weighted by Crippen LogP contribution is 2.13. The molecule has 0 aliphatic rings. The second-order valence-electron chi connectivity index (χ2n) is 3.77. The third-order valence-corrected chi connectivity index (χ3v) is 2.39. The molecule has 106 valence electrons. The smallest absolute Gasteiger partial charge is 0.323 e. The molecule has 1 rings (SSSR count). The minimum absolute atomic E-state index is 0.0280. The van der Waals surface area contributed by atoms with Gasteiger partial charge in [-0.15, -0.1) is 0 Å². The van der Waals surface area contributed by atoms with Gasteiger partial charge in [0.1, 0.15) is 0 Å². The summed E-state index contributed by atoms with van der Waals surface area (Å²) in [5.41, 5.74) is 0. The molecule has 0 radical (unpaired) electrons. The van der Waals surface area contributed by atoms with Crippen molar-refractivity contribution in [3.63, 3.8) is 0 Å². The molecule has 1 heterocycles. The molecule has 0 bridgehead atoms. The molecule has 0 atom stereocenters. The van der Waals surface area contributed by atoms with E-state index in [0.29, 0.717) is 31.5 Å². The number of carbonyl (C=O) groups excluding carboxylic acids is 1. The molecular formula is C11H20N6O2. The lowest BCUT2D eigenvalue weighted by molar-refractivity contribution is -0.120. The van der Waals surface area contributed by atoms with Crippen LogP contribution >= 0.6 is 0 Å². The zero-order chi connectivity index (χ0) is 14.3. The molecule has 0 aliphatic heterocycles. The average molecular weight is 268 g/mol. The van der Waals surface area contributed by atoms with Crippen molar-refractivity contribution < 1.29 is 9.53 Å². The summed E-state index contributed by atoms with van der Waals surface area (Å²) in [5.74, 6) is 0.867. The van der Waals surface area contributed by atoms with E-state index in [1.165, 1.54) is 0 Å². The van der Waals surface area contributed by atoms with Crippen LogP contribution in [0.1, 0.15) is 13.3 Å². The number of nitrogens with one attached hydrogen (secondary N) is 2. The first-order chi connectivity index (χ1) is 9.10. The Morgan fingerprint density at radius 2 is 2.05 bits per heavy atom. The summed E-state index contributed by atoms with van der Waals surface area (Å²) in [6.07, 6.45) is 0.373. The highest BCUT2D eigenvalue weighted by molar-refractivity contribution is 5.76. The third kappa shape index (κ3) is 4.57. The van der Waals surface area contributed by atoms with E-state index >= 15 is 0 Å². The Labute approximate surface area is 112 Å². The second-order valence-corrected chi connectivity index (χ2v) is 3.77. The summed E-state index contributed by atoms with van der Waals surface area (Å²) in [4.78, 5) is 25.5. The van der Waals surface area contributed by atoms with Crippen LogP contribution in [0.5, 0.6) is 6.01 Å². The topological polar surface area (TPSA) is 92.3 Å². The van der Waals surface area contributed by atoms with Crippen molar-refractivity contribution in [2.45, 2.75) is 13.3 Å². The molecule has 0 aromatic carbocycles. The molecule has 0 saturated heterocycles. The number of rotatable bonds is 7. The van der Waals surface area contributed by atoms with Crippen molar-refractivity contribution in [2.75, 3.05) is 44.5 Å². The number of amides is 1. The largest absolute Gasteiger partial charge is 0.464 e. The standard InChI is InChI=1S/C11H20N6O2/c1-5-19-11-15-9(13-3)14-10(16-11)17(4)7-6-8(18)12-2/h5-7H2,1-4H3,(H,12,18)(H,13,14,15,16). The van der Waals surface area contributed by atoms with Crippen molar-refractivity contribution >= 4 is 17.8 Å². The monoisotopic (exact) mass is 268 g/mol. The molecular weight excluding hydrogens is 248 g/mol. The van der Waals surface area contributed by atoms with Crippen LogP contribution in [0.25, 0.3) is 0 Å². The molecule has 1 amide bonds. The number of hydrogen-bond donors (Lipinski definition) is 2. The van der Waals surface area contributed by atoms with Crippen LogP contribution in [0.4, 0.5) is 11.9 Å². The van der Waals surface area contributed by atoms with E-state index in [1.807, 2.05) is 14.0 Å². The minimum Gasteiger partial charge on any atom is -0.464 e. The number of ether oxygens (including phenoxy) is 1. The quantitative estimate of drug-likeness (QED) is 0.712. The Morgan fingerprint density at radius 1 is 1.32 bits per heavy atom. The van der Waals surface area contributed by atoms with Crippen molar-refractivity contribution in [1.82, 2.24) is 20.3 Å². The van der Waals surface area contributed by atoms with Gasteiger partial charge in [-0.3, -0.25) is 4.79 Å². The van der Waals surface area contributed by atoms with E-state index in [4.69, 9.17) is 4.74 Å². The summed E-state index contributed by atoms with van der Waals surface area (Å²) >= 11 is 0. The fourth-order valence-electron chi connectivity index (χ4n) is 1.32. The van der Waals surface area contributed by atoms with Crippen molar-refractivity contribution in [3.05, 3.63) is 0 Å². The molecule has 0 saturated carbocycles. The first kappa shape index (κ1) is 14.9. The molecule has 8 heteroatoms. The Bertz CT molecular complexity index is 426. The maximum Gasteiger partial charge on any atom is 0.323 e. The fraction of sp³-hybridized carbons (Fsp3) is 0.636. The molecule has 0 aliphatic carbocycles. The Balaban J connectivity index is 2.79. The van der Waals surface area contributed by atoms with Crippen molar-refractivity contribution in [3.8, 4) is 6.01 Å². The zero-order valence-corrected chi connectivity index (χ0v) is 11.7. The molecule has 8 nitrogen and oxygen atoms in total. The number of hydrogen-bond acceptors (Lipinski definition) is 7. The molecule has 0 unspecified atom stereocenters. The van der Waals surface area contributed by atoms with Gasteiger partial charge >= 0.3 is 6.01 Å². The first-order valence-corrected chi connectivity index (χ1v) is 6.09. The Hall–Kier alpha value is -2.12. The van der Waals surface area contributed by atoms with Crippen LogP contribution in [0.2, 0.25) is 0 Å². The predicted octanol–water partition coefficient (Wildman–Crippen LogP) is -0.116. The minimum atomic E-state index is -0.0280. The van der Waals surface area contributed by atoms with Gasteiger partial charge in [-0.1, -0.05) is 0 Å². The van der Waals surface area contributed by atoms with Crippen LogP contribution in [0, 0.1) is 0 Å². The number of carbonyl (C=O) groups is 1. The van der Waals surface area contributed by atoms with Crippen LogP contribution in [0.15, 0.2) is 0 Å². The molecule has 19 heavy (non-hydrogen) atoms. The van der Waals surface area contributed by atoms with Gasteiger partial charge in [0.15, 0.2) is 0 Å². The van der Waals surface area contributed by atoms with Gasteiger partial charge in [-0.2, -0.15) is 15.0 Å². The van der Waals surface area contributed by atoms with Crippen LogP contribution in [-0.4, -0.2) is 55.2 Å². The summed E-state index contributed by atoms with van der Waals surface area (Å²) in [6, 6.07) is 0.267. The zero-order valence-electron chi connectivity index (χ0n) is 11.7. The van der Waals surface area contributed by atoms with E-state index in [2.05, 4.69) is 25.6 Å². The number of aromatic nitrogens is 3. The molecule has 0 spiro atoms. The molecule has 2 N–H and O–H groups in total. The lowest BCUT2D eigenvalue weighted by Crippen LogP contribution is -2.27. The van der Waals surface area contributed by atoms with Crippen LogP contribution in [0.3, 0.4) is 0 Å². The van der Waals surface area contributed by atoms with Gasteiger partial charge in [0.25, 0.3) is 0 Å². The fourth-order valence-corrected chi connectivity index (χ4v) is 1.32. The summed E-state index contributed by atoms with van der Waals surface area (Å²) in [6.45, 7) is 2.85. The van der Waals surface area contributed by atoms with Gasteiger partial charge < -0.3 is 20.3 Å². The van der Waals surface area contributed by atoms with Gasteiger partial charge in [0, 0.05) is 34.1 Å². The average Bonchev–Trinajstić information content (AvgIpc) is 2.44. The lowest BCUT2D eigenvalue weighted by atomic mass is 10.4. The molecule has 0 fully saturated rings. The number of anilines is 2. The number of nitrogens with zero attached hydrogens (tertiary/aromatic N) is 4. The van der Waals surface area contributed by atoms with E-state index < -0.39 is 0 Å². The van der Waals surface area contributed by atoms with Gasteiger partial charge in [-0.05, 0) is 6.92 Å². The SMILES string of the molecule is CCOc1nc(NC)nc(N(C)CCC(=O)NC)n1. The van der Waals surface area contributed by atoms with Crippen molar-refractivity contribution in [1.29, 1.82) is 0 Å². The third-order valence-electron chi connectivity index (χ3n) is 2.39. The highest BCUT2D eigenvalue weighted by Gasteiger charge is 2.11. The van der Waals surface area contributed by atoms with E-state index in [0.717, 1.165) is 0 Å².